The standard InChI is InChI=1S/C26H34O6/c1-15-7-21(8-16(2)25(15)31-19(5)27-11-23-13-29-23)22-9-17(3)26(18(4)10-22)32-20(6)28-12-24-14-30-24/h7-10,19-20,23-24H,11-14H2,1-6H3. The highest BCUT2D eigenvalue weighted by Crippen LogP contribution is 2.35. The molecule has 0 N–H and O–H groups in total. The van der Waals surface area contributed by atoms with Crippen molar-refractivity contribution in [1.29, 1.82) is 0 Å². The summed E-state index contributed by atoms with van der Waals surface area (Å²) in [5.74, 6) is 1.74. The molecule has 174 valence electrons. The Hall–Kier alpha value is -2.12. The zero-order valence-corrected chi connectivity index (χ0v) is 19.9. The molecule has 32 heavy (non-hydrogen) atoms. The van der Waals surface area contributed by atoms with Gasteiger partial charge in [0.15, 0.2) is 12.6 Å². The topological polar surface area (TPSA) is 62.0 Å². The van der Waals surface area contributed by atoms with Gasteiger partial charge in [0.1, 0.15) is 23.7 Å². The summed E-state index contributed by atoms with van der Waals surface area (Å²) >= 11 is 0. The minimum absolute atomic E-state index is 0.228. The maximum absolute atomic E-state index is 6.08. The first-order valence-electron chi connectivity index (χ1n) is 11.3. The number of benzene rings is 2. The van der Waals surface area contributed by atoms with Crippen LogP contribution in [0.3, 0.4) is 0 Å². The smallest absolute Gasteiger partial charge is 0.197 e. The van der Waals surface area contributed by atoms with Crippen LogP contribution in [0.25, 0.3) is 11.1 Å². The fourth-order valence-corrected chi connectivity index (χ4v) is 3.82. The van der Waals surface area contributed by atoms with Gasteiger partial charge in [-0.25, -0.2) is 0 Å². The fraction of sp³-hybridized carbons (Fsp3) is 0.538. The van der Waals surface area contributed by atoms with Crippen LogP contribution in [-0.4, -0.2) is 51.2 Å². The predicted octanol–water partition coefficient (Wildman–Crippen LogP) is 4.87. The molecular weight excluding hydrogens is 408 g/mol. The van der Waals surface area contributed by atoms with Gasteiger partial charge < -0.3 is 28.4 Å². The van der Waals surface area contributed by atoms with Gasteiger partial charge >= 0.3 is 0 Å². The second-order valence-electron chi connectivity index (χ2n) is 8.83. The maximum Gasteiger partial charge on any atom is 0.197 e. The Morgan fingerprint density at radius 2 is 1.00 bits per heavy atom. The van der Waals surface area contributed by atoms with E-state index in [1.54, 1.807) is 0 Å². The van der Waals surface area contributed by atoms with Crippen LogP contribution in [0, 0.1) is 27.7 Å². The molecule has 4 unspecified atom stereocenters. The molecule has 2 saturated heterocycles. The second-order valence-corrected chi connectivity index (χ2v) is 8.83. The van der Waals surface area contributed by atoms with Crippen molar-refractivity contribution in [2.24, 2.45) is 0 Å². The van der Waals surface area contributed by atoms with E-state index in [0.29, 0.717) is 13.2 Å². The molecule has 2 fully saturated rings. The van der Waals surface area contributed by atoms with Gasteiger partial charge in [-0.3, -0.25) is 0 Å². The first kappa shape index (κ1) is 23.1. The number of ether oxygens (including phenoxy) is 6. The molecule has 0 radical (unpaired) electrons. The summed E-state index contributed by atoms with van der Waals surface area (Å²) in [6.07, 6.45) is -0.185. The van der Waals surface area contributed by atoms with E-state index >= 15 is 0 Å². The van der Waals surface area contributed by atoms with Crippen LogP contribution in [0.15, 0.2) is 24.3 Å². The lowest BCUT2D eigenvalue weighted by atomic mass is 9.96. The van der Waals surface area contributed by atoms with Crippen molar-refractivity contribution in [3.8, 4) is 22.6 Å². The van der Waals surface area contributed by atoms with Crippen molar-refractivity contribution in [1.82, 2.24) is 0 Å². The van der Waals surface area contributed by atoms with E-state index in [4.69, 9.17) is 28.4 Å². The first-order chi connectivity index (χ1) is 15.3. The molecule has 2 aromatic rings. The zero-order chi connectivity index (χ0) is 22.8. The highest BCUT2D eigenvalue weighted by Gasteiger charge is 2.25. The molecule has 0 saturated carbocycles. The van der Waals surface area contributed by atoms with Crippen LogP contribution in [0.2, 0.25) is 0 Å². The highest BCUT2D eigenvalue weighted by atomic mass is 16.7. The Bertz CT molecular complexity index is 824. The van der Waals surface area contributed by atoms with E-state index in [1.165, 1.54) is 0 Å². The minimum Gasteiger partial charge on any atom is -0.465 e. The van der Waals surface area contributed by atoms with Gasteiger partial charge in [0.05, 0.1) is 26.4 Å². The monoisotopic (exact) mass is 442 g/mol. The van der Waals surface area contributed by atoms with E-state index in [1.807, 2.05) is 13.8 Å². The van der Waals surface area contributed by atoms with Crippen molar-refractivity contribution >= 4 is 0 Å². The molecule has 0 amide bonds. The molecule has 0 bridgehead atoms. The van der Waals surface area contributed by atoms with Gasteiger partial charge in [-0.15, -0.1) is 0 Å². The SMILES string of the molecule is Cc1cc(-c2cc(C)c(OC(C)OCC3CO3)c(C)c2)cc(C)c1OC(C)OCC1CO1. The summed E-state index contributed by atoms with van der Waals surface area (Å²) in [6, 6.07) is 8.65. The van der Waals surface area contributed by atoms with E-state index < -0.39 is 0 Å². The lowest BCUT2D eigenvalue weighted by molar-refractivity contribution is -0.0717. The third-order valence-electron chi connectivity index (χ3n) is 5.66. The number of epoxide rings is 2. The minimum atomic E-state index is -0.320. The average Bonchev–Trinajstić information content (AvgIpc) is 3.65. The molecule has 0 aromatic heterocycles. The number of hydrogen-bond donors (Lipinski definition) is 0. The summed E-state index contributed by atoms with van der Waals surface area (Å²) in [5.41, 5.74) is 6.63. The second kappa shape index (κ2) is 9.79. The first-order valence-corrected chi connectivity index (χ1v) is 11.3. The lowest BCUT2D eigenvalue weighted by Crippen LogP contribution is -2.20. The van der Waals surface area contributed by atoms with E-state index in [-0.39, 0.29) is 24.8 Å². The summed E-state index contributed by atoms with van der Waals surface area (Å²) in [7, 11) is 0. The number of rotatable bonds is 11. The van der Waals surface area contributed by atoms with Crippen molar-refractivity contribution in [3.63, 3.8) is 0 Å². The molecule has 2 heterocycles. The number of aryl methyl sites for hydroxylation is 4. The fourth-order valence-electron chi connectivity index (χ4n) is 3.82. The summed E-state index contributed by atoms with van der Waals surface area (Å²) in [6.45, 7) is 14.8. The summed E-state index contributed by atoms with van der Waals surface area (Å²) in [5, 5.41) is 0. The quantitative estimate of drug-likeness (QED) is 0.366. The largest absolute Gasteiger partial charge is 0.465 e. The van der Waals surface area contributed by atoms with Gasteiger partial charge in [0.2, 0.25) is 0 Å². The molecule has 0 aliphatic carbocycles. The van der Waals surface area contributed by atoms with Gasteiger partial charge in [-0.2, -0.15) is 0 Å². The van der Waals surface area contributed by atoms with E-state index in [9.17, 15) is 0 Å². The maximum atomic E-state index is 6.08. The Kier molecular flexibility index (Phi) is 7.05. The molecule has 2 aliphatic rings. The van der Waals surface area contributed by atoms with Crippen LogP contribution in [0.4, 0.5) is 0 Å². The van der Waals surface area contributed by atoms with E-state index in [0.717, 1.165) is 58.1 Å². The Morgan fingerprint density at radius 3 is 1.28 bits per heavy atom. The van der Waals surface area contributed by atoms with Crippen LogP contribution >= 0.6 is 0 Å². The summed E-state index contributed by atoms with van der Waals surface area (Å²) < 4.78 is 34.0. The molecular formula is C26H34O6. The Balaban J connectivity index is 1.46. The van der Waals surface area contributed by atoms with Crippen LogP contribution in [0.5, 0.6) is 11.5 Å². The van der Waals surface area contributed by atoms with Crippen LogP contribution in [0.1, 0.15) is 36.1 Å². The Labute approximate surface area is 190 Å². The van der Waals surface area contributed by atoms with Gasteiger partial charge in [0, 0.05) is 0 Å². The number of hydrogen-bond acceptors (Lipinski definition) is 6. The van der Waals surface area contributed by atoms with Crippen molar-refractivity contribution in [2.45, 2.75) is 66.3 Å². The molecule has 6 nitrogen and oxygen atoms in total. The molecule has 4 atom stereocenters. The summed E-state index contributed by atoms with van der Waals surface area (Å²) in [4.78, 5) is 0. The molecule has 2 aliphatic heterocycles. The highest BCUT2D eigenvalue weighted by molar-refractivity contribution is 5.70. The molecule has 2 aromatic carbocycles. The van der Waals surface area contributed by atoms with Gasteiger partial charge in [0.25, 0.3) is 0 Å². The van der Waals surface area contributed by atoms with Crippen molar-refractivity contribution in [3.05, 3.63) is 46.5 Å². The zero-order valence-electron chi connectivity index (χ0n) is 19.9. The third kappa shape index (κ3) is 6.01. The predicted molar refractivity (Wildman–Crippen MR) is 122 cm³/mol. The lowest BCUT2D eigenvalue weighted by Gasteiger charge is -2.21. The van der Waals surface area contributed by atoms with E-state index in [2.05, 4.69) is 52.0 Å². The molecule has 0 spiro atoms. The Morgan fingerprint density at radius 1 is 0.688 bits per heavy atom. The van der Waals surface area contributed by atoms with Crippen LogP contribution in [-0.2, 0) is 18.9 Å². The molecule has 4 rings (SSSR count). The molecule has 6 heteroatoms. The average molecular weight is 443 g/mol. The normalized spacial score (nSPS) is 21.2. The third-order valence-corrected chi connectivity index (χ3v) is 5.66. The van der Waals surface area contributed by atoms with Crippen molar-refractivity contribution < 1.29 is 28.4 Å². The van der Waals surface area contributed by atoms with Gasteiger partial charge in [-0.1, -0.05) is 0 Å². The van der Waals surface area contributed by atoms with Crippen LogP contribution < -0.4 is 9.47 Å². The van der Waals surface area contributed by atoms with Gasteiger partial charge in [-0.05, 0) is 99.2 Å². The van der Waals surface area contributed by atoms with Crippen molar-refractivity contribution in [2.75, 3.05) is 26.4 Å².